The number of halogens is 1. The van der Waals surface area contributed by atoms with E-state index < -0.39 is 9.84 Å². The van der Waals surface area contributed by atoms with Crippen molar-refractivity contribution in [3.05, 3.63) is 22.6 Å². The first-order valence-electron chi connectivity index (χ1n) is 4.97. The van der Waals surface area contributed by atoms with Crippen molar-refractivity contribution in [1.82, 2.24) is 5.32 Å². The zero-order chi connectivity index (χ0) is 12.3. The Morgan fingerprint density at radius 1 is 1.44 bits per heavy atom. The highest BCUT2D eigenvalue weighted by Crippen LogP contribution is 2.20. The highest BCUT2D eigenvalue weighted by Gasteiger charge is 2.15. The number of sulfone groups is 1. The van der Waals surface area contributed by atoms with Crippen molar-refractivity contribution in [3.63, 3.8) is 0 Å². The lowest BCUT2D eigenvalue weighted by atomic mass is 10.2. The van der Waals surface area contributed by atoms with Gasteiger partial charge >= 0.3 is 0 Å². The lowest BCUT2D eigenvalue weighted by molar-refractivity contribution is 0.398. The van der Waals surface area contributed by atoms with Crippen LogP contribution in [-0.4, -0.2) is 26.5 Å². The largest absolute Gasteiger partial charge is 0.453 e. The second kappa shape index (κ2) is 5.33. The summed E-state index contributed by atoms with van der Waals surface area (Å²) in [7, 11) is -2.95. The molecule has 0 aliphatic carbocycles. The van der Waals surface area contributed by atoms with Crippen molar-refractivity contribution >= 4 is 25.8 Å². The summed E-state index contributed by atoms with van der Waals surface area (Å²) in [4.78, 5) is 0. The molecule has 2 atom stereocenters. The summed E-state index contributed by atoms with van der Waals surface area (Å²) in [6, 6.07) is 3.56. The van der Waals surface area contributed by atoms with Crippen LogP contribution in [0.1, 0.15) is 25.6 Å². The molecule has 0 fully saturated rings. The van der Waals surface area contributed by atoms with Gasteiger partial charge in [0.15, 0.2) is 4.67 Å². The van der Waals surface area contributed by atoms with E-state index in [1.165, 1.54) is 6.26 Å². The van der Waals surface area contributed by atoms with Gasteiger partial charge in [-0.25, -0.2) is 8.42 Å². The van der Waals surface area contributed by atoms with Crippen molar-refractivity contribution in [2.24, 2.45) is 0 Å². The van der Waals surface area contributed by atoms with E-state index in [-0.39, 0.29) is 17.8 Å². The molecule has 0 radical (unpaired) electrons. The number of furan rings is 1. The van der Waals surface area contributed by atoms with Crippen LogP contribution in [-0.2, 0) is 9.84 Å². The Morgan fingerprint density at radius 3 is 2.50 bits per heavy atom. The zero-order valence-corrected chi connectivity index (χ0v) is 11.9. The van der Waals surface area contributed by atoms with Crippen molar-refractivity contribution < 1.29 is 12.8 Å². The summed E-state index contributed by atoms with van der Waals surface area (Å²) in [6.07, 6.45) is 1.24. The quantitative estimate of drug-likeness (QED) is 0.905. The molecule has 0 bridgehead atoms. The molecular formula is C10H16BrNO3S. The topological polar surface area (TPSA) is 59.3 Å². The minimum Gasteiger partial charge on any atom is -0.453 e. The predicted molar refractivity (Wildman–Crippen MR) is 67.1 cm³/mol. The molecule has 0 amide bonds. The fourth-order valence-electron chi connectivity index (χ4n) is 1.57. The monoisotopic (exact) mass is 309 g/mol. The van der Waals surface area contributed by atoms with Gasteiger partial charge in [0.25, 0.3) is 0 Å². The summed E-state index contributed by atoms with van der Waals surface area (Å²) >= 11 is 3.23. The third kappa shape index (κ3) is 4.67. The highest BCUT2D eigenvalue weighted by atomic mass is 79.9. The van der Waals surface area contributed by atoms with Gasteiger partial charge in [0, 0.05) is 12.3 Å². The Morgan fingerprint density at radius 2 is 2.06 bits per heavy atom. The van der Waals surface area contributed by atoms with Crippen molar-refractivity contribution in [2.45, 2.75) is 25.9 Å². The van der Waals surface area contributed by atoms with Crippen LogP contribution in [0.3, 0.4) is 0 Å². The maximum absolute atomic E-state index is 11.1. The van der Waals surface area contributed by atoms with Crippen LogP contribution in [0.4, 0.5) is 0 Å². The van der Waals surface area contributed by atoms with E-state index >= 15 is 0 Å². The zero-order valence-electron chi connectivity index (χ0n) is 9.53. The predicted octanol–water partition coefficient (Wildman–Crippen LogP) is 2.13. The van der Waals surface area contributed by atoms with E-state index in [4.69, 9.17) is 4.42 Å². The van der Waals surface area contributed by atoms with Crippen LogP contribution in [0, 0.1) is 0 Å². The first-order chi connectivity index (χ1) is 7.28. The number of rotatable bonds is 5. The number of hydrogen-bond acceptors (Lipinski definition) is 4. The maximum Gasteiger partial charge on any atom is 0.169 e. The van der Waals surface area contributed by atoms with Crippen molar-refractivity contribution in [3.8, 4) is 0 Å². The van der Waals surface area contributed by atoms with E-state index in [2.05, 4.69) is 21.2 Å². The number of hydrogen-bond donors (Lipinski definition) is 1. The molecular weight excluding hydrogens is 294 g/mol. The normalized spacial score (nSPS) is 16.0. The molecule has 4 nitrogen and oxygen atoms in total. The number of nitrogens with one attached hydrogen (secondary N) is 1. The van der Waals surface area contributed by atoms with Gasteiger partial charge in [-0.05, 0) is 41.9 Å². The molecule has 0 saturated heterocycles. The van der Waals surface area contributed by atoms with Gasteiger partial charge in [0.2, 0.25) is 0 Å². The van der Waals surface area contributed by atoms with Crippen LogP contribution in [0.25, 0.3) is 0 Å². The summed E-state index contributed by atoms with van der Waals surface area (Å²) in [5.41, 5.74) is 0. The van der Waals surface area contributed by atoms with Gasteiger partial charge in [-0.3, -0.25) is 0 Å². The molecule has 1 rings (SSSR count). The first-order valence-corrected chi connectivity index (χ1v) is 7.82. The van der Waals surface area contributed by atoms with Gasteiger partial charge in [0.05, 0.1) is 11.8 Å². The lowest BCUT2D eigenvalue weighted by Crippen LogP contribution is -2.34. The van der Waals surface area contributed by atoms with Crippen LogP contribution >= 0.6 is 15.9 Å². The first kappa shape index (κ1) is 13.7. The lowest BCUT2D eigenvalue weighted by Gasteiger charge is -2.17. The molecule has 0 saturated carbocycles. The van der Waals surface area contributed by atoms with Crippen LogP contribution in [0.5, 0.6) is 0 Å². The molecule has 1 N–H and O–H groups in total. The Kier molecular flexibility index (Phi) is 4.58. The van der Waals surface area contributed by atoms with Gasteiger partial charge in [-0.2, -0.15) is 0 Å². The molecule has 1 heterocycles. The van der Waals surface area contributed by atoms with E-state index in [0.29, 0.717) is 4.67 Å². The molecule has 1 aromatic rings. The van der Waals surface area contributed by atoms with E-state index in [1.54, 1.807) is 0 Å². The van der Waals surface area contributed by atoms with Crippen LogP contribution in [0.15, 0.2) is 21.2 Å². The average molecular weight is 310 g/mol. The average Bonchev–Trinajstić information content (AvgIpc) is 2.47. The summed E-state index contributed by atoms with van der Waals surface area (Å²) in [5, 5.41) is 3.17. The van der Waals surface area contributed by atoms with E-state index in [0.717, 1.165) is 5.76 Å². The Labute approximate surface area is 104 Å². The fourth-order valence-corrected chi connectivity index (χ4v) is 2.90. The molecule has 0 aromatic carbocycles. The second-order valence-electron chi connectivity index (χ2n) is 4.02. The Bertz CT molecular complexity index is 441. The molecule has 0 aliphatic heterocycles. The van der Waals surface area contributed by atoms with Crippen molar-refractivity contribution in [1.29, 1.82) is 0 Å². The third-order valence-corrected chi connectivity index (χ3v) is 3.64. The molecule has 1 aromatic heterocycles. The molecule has 0 aliphatic rings. The fraction of sp³-hybridized carbons (Fsp3) is 0.600. The summed E-state index contributed by atoms with van der Waals surface area (Å²) in [6.45, 7) is 3.78. The smallest absolute Gasteiger partial charge is 0.169 e. The standard InChI is InChI=1S/C10H16BrNO3S/c1-7(6-16(3,13)14)12-8(2)9-4-5-10(11)15-9/h4-5,7-8,12H,6H2,1-3H3. The SMILES string of the molecule is CC(CS(C)(=O)=O)NC(C)c1ccc(Br)o1. The van der Waals surface area contributed by atoms with Gasteiger partial charge in [0.1, 0.15) is 15.6 Å². The molecule has 2 unspecified atom stereocenters. The van der Waals surface area contributed by atoms with Crippen molar-refractivity contribution in [2.75, 3.05) is 12.0 Å². The molecule has 92 valence electrons. The van der Waals surface area contributed by atoms with Gasteiger partial charge < -0.3 is 9.73 Å². The van der Waals surface area contributed by atoms with Crippen LogP contribution in [0.2, 0.25) is 0 Å². The summed E-state index contributed by atoms with van der Waals surface area (Å²) < 4.78 is 28.2. The highest BCUT2D eigenvalue weighted by molar-refractivity contribution is 9.10. The summed E-state index contributed by atoms with van der Waals surface area (Å²) in [5.74, 6) is 0.909. The van der Waals surface area contributed by atoms with Gasteiger partial charge in [-0.1, -0.05) is 0 Å². The van der Waals surface area contributed by atoms with Gasteiger partial charge in [-0.15, -0.1) is 0 Å². The minimum atomic E-state index is -2.95. The van der Waals surface area contributed by atoms with E-state index in [9.17, 15) is 8.42 Å². The molecule has 16 heavy (non-hydrogen) atoms. The van der Waals surface area contributed by atoms with Crippen LogP contribution < -0.4 is 5.32 Å². The second-order valence-corrected chi connectivity index (χ2v) is 6.99. The Hall–Kier alpha value is -0.330. The molecule has 6 heteroatoms. The third-order valence-electron chi connectivity index (χ3n) is 2.11. The van der Waals surface area contributed by atoms with E-state index in [1.807, 2.05) is 26.0 Å². The molecule has 0 spiro atoms. The Balaban J connectivity index is 2.55. The minimum absolute atomic E-state index is 0.0111. The maximum atomic E-state index is 11.1.